The monoisotopic (exact) mass is 437 g/mol. The Kier molecular flexibility index (Phi) is 5.48. The fourth-order valence-electron chi connectivity index (χ4n) is 4.29. The lowest BCUT2D eigenvalue weighted by atomic mass is 10.00. The van der Waals surface area contributed by atoms with Gasteiger partial charge in [-0.1, -0.05) is 28.9 Å². The lowest BCUT2D eigenvalue weighted by Gasteiger charge is -2.25. The van der Waals surface area contributed by atoms with Crippen molar-refractivity contribution in [2.24, 2.45) is 0 Å². The highest BCUT2D eigenvalue weighted by atomic mass is 35.5. The molecule has 1 amide bonds. The number of rotatable bonds is 5. The van der Waals surface area contributed by atoms with Gasteiger partial charge in [0.25, 0.3) is 5.91 Å². The third-order valence-electron chi connectivity index (χ3n) is 5.86. The van der Waals surface area contributed by atoms with Crippen molar-refractivity contribution in [1.82, 2.24) is 25.3 Å². The predicted octanol–water partition coefficient (Wildman–Crippen LogP) is 3.26. The smallest absolute Gasteiger partial charge is 0.255 e. The molecule has 160 valence electrons. The van der Waals surface area contributed by atoms with Crippen molar-refractivity contribution in [1.29, 1.82) is 0 Å². The van der Waals surface area contributed by atoms with E-state index in [0.29, 0.717) is 36.4 Å². The maximum absolute atomic E-state index is 13.0. The van der Waals surface area contributed by atoms with E-state index < -0.39 is 0 Å². The number of hydrogen-bond acceptors (Lipinski definition) is 6. The maximum Gasteiger partial charge on any atom is 0.255 e. The van der Waals surface area contributed by atoms with Crippen molar-refractivity contribution < 1.29 is 9.32 Å². The molecule has 1 saturated heterocycles. The van der Waals surface area contributed by atoms with Gasteiger partial charge in [0, 0.05) is 55.4 Å². The van der Waals surface area contributed by atoms with Gasteiger partial charge in [0.1, 0.15) is 0 Å². The van der Waals surface area contributed by atoms with Crippen LogP contribution in [0.4, 0.5) is 0 Å². The summed E-state index contributed by atoms with van der Waals surface area (Å²) in [6.45, 7) is 7.65. The van der Waals surface area contributed by atoms with Crippen LogP contribution in [0, 0.1) is 6.92 Å². The van der Waals surface area contributed by atoms with E-state index in [1.54, 1.807) is 0 Å². The number of aromatic nitrogens is 2. The Balaban J connectivity index is 1.34. The molecule has 5 rings (SSSR count). The van der Waals surface area contributed by atoms with Gasteiger partial charge in [-0.15, -0.1) is 0 Å². The average Bonchev–Trinajstić information content (AvgIpc) is 3.35. The Morgan fingerprint density at radius 2 is 1.90 bits per heavy atom. The van der Waals surface area contributed by atoms with E-state index in [1.165, 1.54) is 0 Å². The Bertz CT molecular complexity index is 1110. The van der Waals surface area contributed by atoms with Crippen LogP contribution in [0.25, 0.3) is 11.4 Å². The van der Waals surface area contributed by atoms with Crippen LogP contribution in [-0.4, -0.2) is 52.0 Å². The van der Waals surface area contributed by atoms with Crippen LogP contribution >= 0.6 is 11.6 Å². The number of carbonyl (C=O) groups is 1. The van der Waals surface area contributed by atoms with Crippen LogP contribution in [0.2, 0.25) is 5.02 Å². The molecule has 2 aliphatic rings. The molecule has 2 aromatic carbocycles. The normalized spacial score (nSPS) is 16.7. The second kappa shape index (κ2) is 8.42. The fourth-order valence-corrected chi connectivity index (χ4v) is 4.42. The van der Waals surface area contributed by atoms with Crippen molar-refractivity contribution in [3.8, 4) is 11.4 Å². The SMILES string of the molecule is Cc1cc(-c2noc(CN3CCNCC3)n2)cc2c1C(=O)N(Cc1ccc(Cl)cc1)C2. The average molecular weight is 438 g/mol. The molecule has 1 N–H and O–H groups in total. The Morgan fingerprint density at radius 1 is 1.13 bits per heavy atom. The van der Waals surface area contributed by atoms with Gasteiger partial charge in [-0.05, 0) is 47.9 Å². The van der Waals surface area contributed by atoms with E-state index >= 15 is 0 Å². The van der Waals surface area contributed by atoms with E-state index in [-0.39, 0.29) is 5.91 Å². The summed E-state index contributed by atoms with van der Waals surface area (Å²) in [4.78, 5) is 21.8. The van der Waals surface area contributed by atoms with Crippen LogP contribution in [0.5, 0.6) is 0 Å². The van der Waals surface area contributed by atoms with Crippen molar-refractivity contribution in [3.63, 3.8) is 0 Å². The first-order chi connectivity index (χ1) is 15.1. The zero-order valence-electron chi connectivity index (χ0n) is 17.4. The highest BCUT2D eigenvalue weighted by molar-refractivity contribution is 6.30. The number of fused-ring (bicyclic) bond motifs is 1. The maximum atomic E-state index is 13.0. The van der Waals surface area contributed by atoms with Crippen molar-refractivity contribution >= 4 is 17.5 Å². The van der Waals surface area contributed by atoms with Gasteiger partial charge in [0.05, 0.1) is 6.54 Å². The Labute approximate surface area is 186 Å². The molecule has 3 aromatic rings. The number of nitrogens with one attached hydrogen (secondary N) is 1. The highest BCUT2D eigenvalue weighted by Gasteiger charge is 2.30. The number of aryl methyl sites for hydroxylation is 1. The third kappa shape index (κ3) is 4.21. The van der Waals surface area contributed by atoms with E-state index in [1.807, 2.05) is 48.2 Å². The summed E-state index contributed by atoms with van der Waals surface area (Å²) in [5.74, 6) is 1.25. The van der Waals surface area contributed by atoms with Crippen molar-refractivity contribution in [2.45, 2.75) is 26.6 Å². The molecule has 1 fully saturated rings. The van der Waals surface area contributed by atoms with Crippen LogP contribution in [0.3, 0.4) is 0 Å². The minimum Gasteiger partial charge on any atom is -0.338 e. The summed E-state index contributed by atoms with van der Waals surface area (Å²) in [5.41, 5.74) is 4.65. The van der Waals surface area contributed by atoms with E-state index in [0.717, 1.165) is 54.0 Å². The summed E-state index contributed by atoms with van der Waals surface area (Å²) in [6.07, 6.45) is 0. The molecule has 0 aliphatic carbocycles. The molecule has 8 heteroatoms. The van der Waals surface area contributed by atoms with E-state index in [9.17, 15) is 4.79 Å². The standard InChI is InChI=1S/C23H24ClN5O2/c1-15-10-17(22-26-20(31-27-22)14-28-8-6-25-7-9-28)11-18-13-29(23(30)21(15)18)12-16-2-4-19(24)5-3-16/h2-5,10-11,25H,6-9,12-14H2,1H3. The summed E-state index contributed by atoms with van der Waals surface area (Å²) in [6, 6.07) is 11.6. The molecule has 3 heterocycles. The summed E-state index contributed by atoms with van der Waals surface area (Å²) in [5, 5.41) is 8.23. The van der Waals surface area contributed by atoms with Crippen LogP contribution in [-0.2, 0) is 19.6 Å². The van der Waals surface area contributed by atoms with Gasteiger partial charge in [-0.25, -0.2) is 0 Å². The Hall–Kier alpha value is -2.74. The molecule has 2 aliphatic heterocycles. The lowest BCUT2D eigenvalue weighted by Crippen LogP contribution is -2.42. The second-order valence-electron chi connectivity index (χ2n) is 8.15. The molecule has 0 unspecified atom stereocenters. The molecular weight excluding hydrogens is 414 g/mol. The first-order valence-electron chi connectivity index (χ1n) is 10.5. The van der Waals surface area contributed by atoms with Gasteiger partial charge in [-0.3, -0.25) is 9.69 Å². The van der Waals surface area contributed by atoms with Crippen LogP contribution in [0.15, 0.2) is 40.9 Å². The number of piperazine rings is 1. The lowest BCUT2D eigenvalue weighted by molar-refractivity contribution is 0.0766. The quantitative estimate of drug-likeness (QED) is 0.660. The van der Waals surface area contributed by atoms with Gasteiger partial charge in [0.2, 0.25) is 11.7 Å². The van der Waals surface area contributed by atoms with Gasteiger partial charge < -0.3 is 14.7 Å². The topological polar surface area (TPSA) is 74.5 Å². The fraction of sp³-hybridized carbons (Fsp3) is 0.348. The molecule has 0 atom stereocenters. The first-order valence-corrected chi connectivity index (χ1v) is 10.9. The molecular formula is C23H24ClN5O2. The molecule has 0 saturated carbocycles. The summed E-state index contributed by atoms with van der Waals surface area (Å²) < 4.78 is 5.50. The minimum absolute atomic E-state index is 0.0570. The number of hydrogen-bond donors (Lipinski definition) is 1. The second-order valence-corrected chi connectivity index (χ2v) is 8.59. The summed E-state index contributed by atoms with van der Waals surface area (Å²) in [7, 11) is 0. The van der Waals surface area contributed by atoms with Gasteiger partial charge >= 0.3 is 0 Å². The largest absolute Gasteiger partial charge is 0.338 e. The zero-order valence-corrected chi connectivity index (χ0v) is 18.2. The highest BCUT2D eigenvalue weighted by Crippen LogP contribution is 2.31. The molecule has 31 heavy (non-hydrogen) atoms. The number of carbonyl (C=O) groups excluding carboxylic acids is 1. The van der Waals surface area contributed by atoms with Crippen molar-refractivity contribution in [2.75, 3.05) is 26.2 Å². The van der Waals surface area contributed by atoms with Crippen LogP contribution in [0.1, 0.15) is 32.9 Å². The van der Waals surface area contributed by atoms with Gasteiger partial charge in [0.15, 0.2) is 0 Å². The number of amides is 1. The number of nitrogens with zero attached hydrogens (tertiary/aromatic N) is 4. The molecule has 1 aromatic heterocycles. The molecule has 0 bridgehead atoms. The van der Waals surface area contributed by atoms with E-state index in [2.05, 4.69) is 20.4 Å². The first kappa shape index (κ1) is 20.2. The third-order valence-corrected chi connectivity index (χ3v) is 6.11. The molecule has 0 spiro atoms. The van der Waals surface area contributed by atoms with E-state index in [4.69, 9.17) is 16.1 Å². The number of benzene rings is 2. The predicted molar refractivity (Wildman–Crippen MR) is 118 cm³/mol. The zero-order chi connectivity index (χ0) is 21.4. The minimum atomic E-state index is 0.0570. The van der Waals surface area contributed by atoms with Gasteiger partial charge in [-0.2, -0.15) is 4.98 Å². The Morgan fingerprint density at radius 3 is 2.68 bits per heavy atom. The molecule has 7 nitrogen and oxygen atoms in total. The number of halogens is 1. The molecule has 0 radical (unpaired) electrons. The van der Waals surface area contributed by atoms with Crippen molar-refractivity contribution in [3.05, 3.63) is 69.6 Å². The summed E-state index contributed by atoms with van der Waals surface area (Å²) >= 11 is 5.98. The van der Waals surface area contributed by atoms with Crippen LogP contribution < -0.4 is 5.32 Å².